The molecule has 1 aromatic carbocycles. The van der Waals surface area contributed by atoms with E-state index < -0.39 is 0 Å². The number of nitrogens with zero attached hydrogens (tertiary/aromatic N) is 1. The van der Waals surface area contributed by atoms with Crippen LogP contribution < -0.4 is 5.32 Å². The molecule has 1 aliphatic rings. The summed E-state index contributed by atoms with van der Waals surface area (Å²) in [6, 6.07) is 11.2. The van der Waals surface area contributed by atoms with Crippen LogP contribution in [-0.2, 0) is 5.75 Å². The Labute approximate surface area is 94.7 Å². The molecule has 2 nitrogen and oxygen atoms in total. The Morgan fingerprint density at radius 2 is 2.33 bits per heavy atom. The highest BCUT2D eigenvalue weighted by molar-refractivity contribution is 7.98. The molecule has 0 bridgehead atoms. The number of fused-ring (bicyclic) bond motifs is 1. The van der Waals surface area contributed by atoms with Gasteiger partial charge in [0.15, 0.2) is 0 Å². The molecule has 0 saturated heterocycles. The first-order valence-electron chi connectivity index (χ1n) is 5.17. The van der Waals surface area contributed by atoms with E-state index in [4.69, 9.17) is 5.26 Å². The van der Waals surface area contributed by atoms with Crippen LogP contribution in [0.15, 0.2) is 24.3 Å². The smallest absolute Gasteiger partial charge is 0.0635 e. The molecule has 0 amide bonds. The van der Waals surface area contributed by atoms with Crippen molar-refractivity contribution >= 4 is 11.8 Å². The molecule has 78 valence electrons. The van der Waals surface area contributed by atoms with Gasteiger partial charge in [0, 0.05) is 30.5 Å². The van der Waals surface area contributed by atoms with E-state index in [1.807, 2.05) is 11.8 Å². The van der Waals surface area contributed by atoms with Crippen molar-refractivity contribution in [1.82, 2.24) is 5.32 Å². The highest BCUT2D eigenvalue weighted by Crippen LogP contribution is 2.31. The maximum atomic E-state index is 8.50. The van der Waals surface area contributed by atoms with Crippen LogP contribution in [0.2, 0.25) is 0 Å². The summed E-state index contributed by atoms with van der Waals surface area (Å²) in [5.41, 5.74) is 2.84. The van der Waals surface area contributed by atoms with E-state index in [-0.39, 0.29) is 0 Å². The lowest BCUT2D eigenvalue weighted by molar-refractivity contribution is 0.583. The van der Waals surface area contributed by atoms with Crippen molar-refractivity contribution in [3.63, 3.8) is 0 Å². The summed E-state index contributed by atoms with van der Waals surface area (Å²) in [4.78, 5) is 0. The van der Waals surface area contributed by atoms with E-state index in [2.05, 4.69) is 35.7 Å². The average Bonchev–Trinajstić information content (AvgIpc) is 2.30. The predicted octanol–water partition coefficient (Wildman–Crippen LogP) is 2.48. The summed E-state index contributed by atoms with van der Waals surface area (Å²) in [6.45, 7) is 0.788. The number of hydrogen-bond acceptors (Lipinski definition) is 3. The SMILES string of the molecule is N#CCCNC1CSCc2ccccc21. The molecular weight excluding hydrogens is 204 g/mol. The van der Waals surface area contributed by atoms with E-state index in [1.54, 1.807) is 0 Å². The van der Waals surface area contributed by atoms with Gasteiger partial charge in [-0.1, -0.05) is 24.3 Å². The Morgan fingerprint density at radius 1 is 1.47 bits per heavy atom. The summed E-state index contributed by atoms with van der Waals surface area (Å²) in [5, 5.41) is 11.9. The average molecular weight is 218 g/mol. The van der Waals surface area contributed by atoms with E-state index in [9.17, 15) is 0 Å². The minimum Gasteiger partial charge on any atom is -0.308 e. The zero-order valence-electron chi connectivity index (χ0n) is 8.57. The second-order valence-electron chi connectivity index (χ2n) is 3.63. The van der Waals surface area contributed by atoms with Crippen molar-refractivity contribution in [3.05, 3.63) is 35.4 Å². The fourth-order valence-electron chi connectivity index (χ4n) is 1.85. The molecule has 1 heterocycles. The maximum Gasteiger partial charge on any atom is 0.0635 e. The number of benzene rings is 1. The third-order valence-electron chi connectivity index (χ3n) is 2.60. The second-order valence-corrected chi connectivity index (χ2v) is 4.66. The van der Waals surface area contributed by atoms with Crippen LogP contribution in [0.25, 0.3) is 0 Å². The third-order valence-corrected chi connectivity index (χ3v) is 3.68. The topological polar surface area (TPSA) is 35.8 Å². The fraction of sp³-hybridized carbons (Fsp3) is 0.417. The standard InChI is InChI=1S/C12H14N2S/c13-6-3-7-14-12-9-15-8-10-4-1-2-5-11(10)12/h1-2,4-5,12,14H,3,7-9H2. The molecule has 1 aromatic rings. The van der Waals surface area contributed by atoms with Gasteiger partial charge >= 0.3 is 0 Å². The number of nitriles is 1. The first kappa shape index (κ1) is 10.5. The van der Waals surface area contributed by atoms with Crippen molar-refractivity contribution in [1.29, 1.82) is 5.26 Å². The molecule has 1 N–H and O–H groups in total. The second kappa shape index (κ2) is 5.20. The summed E-state index contributed by atoms with van der Waals surface area (Å²) in [7, 11) is 0. The summed E-state index contributed by atoms with van der Waals surface area (Å²) >= 11 is 1.96. The molecule has 0 radical (unpaired) electrons. The van der Waals surface area contributed by atoms with E-state index in [1.165, 1.54) is 11.1 Å². The lowest BCUT2D eigenvalue weighted by Crippen LogP contribution is -2.27. The third kappa shape index (κ3) is 2.53. The molecule has 0 fully saturated rings. The van der Waals surface area contributed by atoms with Crippen molar-refractivity contribution in [2.45, 2.75) is 18.2 Å². The molecule has 0 aliphatic carbocycles. The summed E-state index contributed by atoms with van der Waals surface area (Å²) in [5.74, 6) is 2.23. The Kier molecular flexibility index (Phi) is 3.65. The lowest BCUT2D eigenvalue weighted by atomic mass is 10.0. The Morgan fingerprint density at radius 3 is 3.20 bits per heavy atom. The van der Waals surface area contributed by atoms with Crippen LogP contribution in [0.1, 0.15) is 23.6 Å². The molecule has 1 unspecified atom stereocenters. The molecule has 3 heteroatoms. The Balaban J connectivity index is 2.06. The van der Waals surface area contributed by atoms with Crippen molar-refractivity contribution in [2.24, 2.45) is 0 Å². The van der Waals surface area contributed by atoms with Crippen LogP contribution in [-0.4, -0.2) is 12.3 Å². The zero-order valence-corrected chi connectivity index (χ0v) is 9.39. The van der Waals surface area contributed by atoms with Gasteiger partial charge in [0.25, 0.3) is 0 Å². The number of hydrogen-bond donors (Lipinski definition) is 1. The highest BCUT2D eigenvalue weighted by Gasteiger charge is 2.18. The maximum absolute atomic E-state index is 8.50. The van der Waals surface area contributed by atoms with Gasteiger partial charge in [0.1, 0.15) is 0 Å². The van der Waals surface area contributed by atoms with Gasteiger partial charge in [-0.05, 0) is 11.1 Å². The molecule has 0 saturated carbocycles. The van der Waals surface area contributed by atoms with E-state index in [0.29, 0.717) is 12.5 Å². The van der Waals surface area contributed by atoms with Gasteiger partial charge in [-0.25, -0.2) is 0 Å². The minimum atomic E-state index is 0.424. The normalized spacial score (nSPS) is 19.3. The predicted molar refractivity (Wildman–Crippen MR) is 63.6 cm³/mol. The number of thioether (sulfide) groups is 1. The summed E-state index contributed by atoms with van der Waals surface area (Å²) < 4.78 is 0. The number of rotatable bonds is 3. The van der Waals surface area contributed by atoms with Crippen LogP contribution in [0.4, 0.5) is 0 Å². The largest absolute Gasteiger partial charge is 0.308 e. The molecule has 15 heavy (non-hydrogen) atoms. The molecule has 2 rings (SSSR count). The quantitative estimate of drug-likeness (QED) is 0.792. The van der Waals surface area contributed by atoms with E-state index in [0.717, 1.165) is 18.1 Å². The van der Waals surface area contributed by atoms with Crippen LogP contribution in [0.5, 0.6) is 0 Å². The highest BCUT2D eigenvalue weighted by atomic mass is 32.2. The minimum absolute atomic E-state index is 0.424. The monoisotopic (exact) mass is 218 g/mol. The first-order valence-corrected chi connectivity index (χ1v) is 6.33. The first-order chi connectivity index (χ1) is 7.42. The van der Waals surface area contributed by atoms with Crippen LogP contribution in [0.3, 0.4) is 0 Å². The van der Waals surface area contributed by atoms with Gasteiger partial charge in [0.2, 0.25) is 0 Å². The van der Waals surface area contributed by atoms with Crippen LogP contribution in [0, 0.1) is 11.3 Å². The van der Waals surface area contributed by atoms with Gasteiger partial charge in [-0.3, -0.25) is 0 Å². The number of nitrogens with one attached hydrogen (secondary N) is 1. The lowest BCUT2D eigenvalue weighted by Gasteiger charge is -2.25. The van der Waals surface area contributed by atoms with Crippen molar-refractivity contribution in [3.8, 4) is 6.07 Å². The fourth-order valence-corrected chi connectivity index (χ4v) is 2.99. The van der Waals surface area contributed by atoms with Gasteiger partial charge in [0.05, 0.1) is 6.07 Å². The molecule has 0 aromatic heterocycles. The van der Waals surface area contributed by atoms with E-state index >= 15 is 0 Å². The van der Waals surface area contributed by atoms with Gasteiger partial charge in [-0.15, -0.1) is 0 Å². The van der Waals surface area contributed by atoms with Crippen molar-refractivity contribution in [2.75, 3.05) is 12.3 Å². The van der Waals surface area contributed by atoms with Gasteiger partial charge in [-0.2, -0.15) is 17.0 Å². The molecule has 1 aliphatic heterocycles. The van der Waals surface area contributed by atoms with Gasteiger partial charge < -0.3 is 5.32 Å². The zero-order chi connectivity index (χ0) is 10.5. The van der Waals surface area contributed by atoms with Crippen molar-refractivity contribution < 1.29 is 0 Å². The summed E-state index contributed by atoms with van der Waals surface area (Å²) in [6.07, 6.45) is 0.587. The Hall–Kier alpha value is -0.980. The Bertz CT molecular complexity index is 370. The molecular formula is C12H14N2S. The molecule has 0 spiro atoms. The van der Waals surface area contributed by atoms with Crippen LogP contribution >= 0.6 is 11.8 Å². The molecule has 1 atom stereocenters.